The number of hydrogen-bond donors (Lipinski definition) is 1. The molecule has 32 heavy (non-hydrogen) atoms. The second-order valence-electron chi connectivity index (χ2n) is 13.4. The number of allylic oxidation sites excluding steroid dienone is 2. The largest absolute Gasteiger partial charge is 0.396 e. The van der Waals surface area contributed by atoms with Gasteiger partial charge < -0.3 is 9.63 Å². The number of aliphatic hydroxyl groups is 1. The third-order valence-electron chi connectivity index (χ3n) is 11.3. The smallest absolute Gasteiger partial charge is 0.159 e. The Morgan fingerprint density at radius 1 is 1.06 bits per heavy atom. The van der Waals surface area contributed by atoms with Gasteiger partial charge in [-0.25, -0.2) is 0 Å². The molecule has 3 saturated carbocycles. The summed E-state index contributed by atoms with van der Waals surface area (Å²) in [5.41, 5.74) is 2.97. The molecule has 7 atom stereocenters. The molecule has 3 fully saturated rings. The van der Waals surface area contributed by atoms with Crippen LogP contribution in [-0.2, 0) is 17.6 Å². The number of aromatic nitrogens is 1. The number of carbonyl (C=O) groups is 1. The highest BCUT2D eigenvalue weighted by atomic mass is 16.5. The molecule has 0 radical (unpaired) electrons. The quantitative estimate of drug-likeness (QED) is 0.627. The van der Waals surface area contributed by atoms with E-state index in [0.717, 1.165) is 50.7 Å². The number of hydrogen-bond acceptors (Lipinski definition) is 4. The fourth-order valence-electron chi connectivity index (χ4n) is 9.33. The Morgan fingerprint density at radius 2 is 1.88 bits per heavy atom. The average Bonchev–Trinajstić information content (AvgIpc) is 3.19. The van der Waals surface area contributed by atoms with Crippen molar-refractivity contribution < 1.29 is 14.4 Å². The fraction of sp³-hybridized carbons (Fsp3) is 0.786. The van der Waals surface area contributed by atoms with E-state index in [9.17, 15) is 9.90 Å². The zero-order chi connectivity index (χ0) is 22.5. The molecule has 5 aliphatic carbocycles. The summed E-state index contributed by atoms with van der Waals surface area (Å²) in [7, 11) is 0. The molecule has 0 aliphatic heterocycles. The molecule has 0 amide bonds. The van der Waals surface area contributed by atoms with Gasteiger partial charge in [-0.05, 0) is 96.9 Å². The van der Waals surface area contributed by atoms with Crippen LogP contribution in [0.2, 0.25) is 0 Å². The van der Waals surface area contributed by atoms with E-state index in [0.29, 0.717) is 23.5 Å². The van der Waals surface area contributed by atoms with Crippen LogP contribution in [0.5, 0.6) is 0 Å². The van der Waals surface area contributed by atoms with E-state index >= 15 is 0 Å². The highest BCUT2D eigenvalue weighted by Crippen LogP contribution is 2.69. The van der Waals surface area contributed by atoms with Gasteiger partial charge in [0.05, 0.1) is 6.20 Å². The maximum Gasteiger partial charge on any atom is 0.159 e. The van der Waals surface area contributed by atoms with Crippen LogP contribution in [0.15, 0.2) is 22.4 Å². The van der Waals surface area contributed by atoms with Crippen molar-refractivity contribution in [2.75, 3.05) is 6.61 Å². The normalized spacial score (nSPS) is 46.8. The molecular formula is C28H39NO3. The summed E-state index contributed by atoms with van der Waals surface area (Å²) in [5.74, 6) is 2.76. The van der Waals surface area contributed by atoms with Crippen LogP contribution >= 0.6 is 0 Å². The number of fused-ring (bicyclic) bond motifs is 8. The third kappa shape index (κ3) is 2.65. The SMILES string of the molecule is CC1(C)CCC2(CO)CCC3C(C(=O)C=C4C5(C)Cc6cnoc6CC5CCC43C)C2C1. The van der Waals surface area contributed by atoms with Gasteiger partial charge in [0.1, 0.15) is 5.76 Å². The van der Waals surface area contributed by atoms with Crippen LogP contribution in [-0.4, -0.2) is 22.7 Å². The average molecular weight is 438 g/mol. The zero-order valence-corrected chi connectivity index (χ0v) is 20.2. The number of aliphatic hydroxyl groups excluding tert-OH is 1. The molecule has 0 aromatic carbocycles. The summed E-state index contributed by atoms with van der Waals surface area (Å²) in [4.78, 5) is 14.0. The zero-order valence-electron chi connectivity index (χ0n) is 20.2. The van der Waals surface area contributed by atoms with Crippen LogP contribution in [0.25, 0.3) is 0 Å². The molecule has 0 spiro atoms. The molecule has 7 unspecified atom stereocenters. The highest BCUT2D eigenvalue weighted by molar-refractivity contribution is 5.95. The molecule has 4 nitrogen and oxygen atoms in total. The first kappa shape index (κ1) is 21.1. The van der Waals surface area contributed by atoms with Crippen molar-refractivity contribution >= 4 is 5.78 Å². The van der Waals surface area contributed by atoms with Crippen LogP contribution in [0.4, 0.5) is 0 Å². The van der Waals surface area contributed by atoms with E-state index in [1.54, 1.807) is 0 Å². The van der Waals surface area contributed by atoms with Gasteiger partial charge in [0.2, 0.25) is 0 Å². The van der Waals surface area contributed by atoms with Crippen LogP contribution in [0.1, 0.15) is 84.0 Å². The Labute approximate surface area is 192 Å². The first-order chi connectivity index (χ1) is 15.1. The molecule has 4 heteroatoms. The van der Waals surface area contributed by atoms with E-state index in [1.807, 2.05) is 6.20 Å². The fourth-order valence-corrected chi connectivity index (χ4v) is 9.33. The van der Waals surface area contributed by atoms with Crippen LogP contribution in [0, 0.1) is 45.3 Å². The lowest BCUT2D eigenvalue weighted by Crippen LogP contribution is -2.60. The molecular weight excluding hydrogens is 398 g/mol. The van der Waals surface area contributed by atoms with Gasteiger partial charge in [-0.1, -0.05) is 38.4 Å². The number of ketones is 1. The number of nitrogens with zero attached hydrogens (tertiary/aromatic N) is 1. The first-order valence-electron chi connectivity index (χ1n) is 12.9. The maximum atomic E-state index is 14.0. The van der Waals surface area contributed by atoms with E-state index < -0.39 is 0 Å². The Kier molecular flexibility index (Phi) is 4.35. The van der Waals surface area contributed by atoms with E-state index in [-0.39, 0.29) is 34.2 Å². The molecule has 1 aromatic rings. The topological polar surface area (TPSA) is 63.3 Å². The summed E-state index contributed by atoms with van der Waals surface area (Å²) >= 11 is 0. The second kappa shape index (κ2) is 6.58. The monoisotopic (exact) mass is 437 g/mol. The van der Waals surface area contributed by atoms with Crippen molar-refractivity contribution in [1.82, 2.24) is 5.16 Å². The van der Waals surface area contributed by atoms with Gasteiger partial charge in [0, 0.05) is 24.5 Å². The first-order valence-corrected chi connectivity index (χ1v) is 12.9. The van der Waals surface area contributed by atoms with Crippen molar-refractivity contribution in [1.29, 1.82) is 0 Å². The Balaban J connectivity index is 1.44. The van der Waals surface area contributed by atoms with Crippen molar-refractivity contribution in [3.05, 3.63) is 29.2 Å². The molecule has 5 aliphatic rings. The van der Waals surface area contributed by atoms with Gasteiger partial charge >= 0.3 is 0 Å². The number of carbonyl (C=O) groups excluding carboxylic acids is 1. The highest BCUT2D eigenvalue weighted by Gasteiger charge is 2.63. The molecule has 6 rings (SSSR count). The molecule has 0 saturated heterocycles. The Hall–Kier alpha value is -1.42. The third-order valence-corrected chi connectivity index (χ3v) is 11.3. The molecule has 1 aromatic heterocycles. The summed E-state index contributed by atoms with van der Waals surface area (Å²) < 4.78 is 5.56. The predicted molar refractivity (Wildman–Crippen MR) is 123 cm³/mol. The molecule has 174 valence electrons. The van der Waals surface area contributed by atoms with Gasteiger partial charge in [0.25, 0.3) is 0 Å². The minimum absolute atomic E-state index is 0.0174. The molecule has 1 N–H and O–H groups in total. The van der Waals surface area contributed by atoms with E-state index in [1.165, 1.54) is 24.0 Å². The van der Waals surface area contributed by atoms with Crippen molar-refractivity contribution in [2.24, 2.45) is 45.3 Å². The number of rotatable bonds is 1. The lowest BCUT2D eigenvalue weighted by Gasteiger charge is -2.64. The Bertz CT molecular complexity index is 991. The molecule has 0 bridgehead atoms. The standard InChI is InChI=1S/C28H39NO3/c1-25(2)9-10-28(16-30)8-6-19-24(20(28)14-25)21(31)12-23-26(19,3)7-5-18-11-22-17(15-29-32-22)13-27(18,23)4/h12,15,18-20,24,30H,5-11,13-14,16H2,1-4H3. The predicted octanol–water partition coefficient (Wildman–Crippen LogP) is 5.54. The lowest BCUT2D eigenvalue weighted by atomic mass is 9.39. The minimum atomic E-state index is -0.0443. The van der Waals surface area contributed by atoms with Gasteiger partial charge in [-0.15, -0.1) is 0 Å². The van der Waals surface area contributed by atoms with Gasteiger partial charge in [-0.3, -0.25) is 4.79 Å². The lowest BCUT2D eigenvalue weighted by molar-refractivity contribution is -0.152. The van der Waals surface area contributed by atoms with Gasteiger partial charge in [0.15, 0.2) is 5.78 Å². The van der Waals surface area contributed by atoms with E-state index in [2.05, 4.69) is 38.9 Å². The van der Waals surface area contributed by atoms with Crippen LogP contribution in [0.3, 0.4) is 0 Å². The summed E-state index contributed by atoms with van der Waals surface area (Å²) in [5, 5.41) is 14.6. The van der Waals surface area contributed by atoms with Crippen LogP contribution < -0.4 is 0 Å². The second-order valence-corrected chi connectivity index (χ2v) is 13.4. The summed E-state index contributed by atoms with van der Waals surface area (Å²) in [6.07, 6.45) is 13.7. The maximum absolute atomic E-state index is 14.0. The summed E-state index contributed by atoms with van der Waals surface area (Å²) in [6.45, 7) is 9.86. The van der Waals surface area contributed by atoms with Gasteiger partial charge in [-0.2, -0.15) is 0 Å². The summed E-state index contributed by atoms with van der Waals surface area (Å²) in [6, 6.07) is 0. The van der Waals surface area contributed by atoms with Crippen molar-refractivity contribution in [2.45, 2.75) is 85.5 Å². The van der Waals surface area contributed by atoms with Crippen molar-refractivity contribution in [3.8, 4) is 0 Å². The van der Waals surface area contributed by atoms with Crippen molar-refractivity contribution in [3.63, 3.8) is 0 Å². The molecule has 1 heterocycles. The minimum Gasteiger partial charge on any atom is -0.396 e. The van der Waals surface area contributed by atoms with E-state index in [4.69, 9.17) is 4.52 Å². The Morgan fingerprint density at radius 3 is 2.66 bits per heavy atom.